The second-order valence-corrected chi connectivity index (χ2v) is 7.56. The number of aliphatic imine (C=N–C) groups is 1. The van der Waals surface area contributed by atoms with Gasteiger partial charge in [0.15, 0.2) is 5.96 Å². The van der Waals surface area contributed by atoms with Crippen molar-refractivity contribution >= 4 is 5.96 Å². The van der Waals surface area contributed by atoms with Gasteiger partial charge in [0.25, 0.3) is 0 Å². The van der Waals surface area contributed by atoms with Gasteiger partial charge in [-0.3, -0.25) is 9.89 Å². The summed E-state index contributed by atoms with van der Waals surface area (Å²) < 4.78 is 4.93. The fourth-order valence-corrected chi connectivity index (χ4v) is 3.35. The molecule has 0 saturated carbocycles. The summed E-state index contributed by atoms with van der Waals surface area (Å²) >= 11 is 0. The number of rotatable bonds is 11. The van der Waals surface area contributed by atoms with E-state index in [2.05, 4.69) is 46.2 Å². The van der Waals surface area contributed by atoms with Crippen LogP contribution in [-0.2, 0) is 6.54 Å². The van der Waals surface area contributed by atoms with Crippen LogP contribution in [0.4, 0.5) is 0 Å². The molecule has 0 bridgehead atoms. The van der Waals surface area contributed by atoms with Crippen LogP contribution in [0.1, 0.15) is 44.7 Å². The minimum absolute atomic E-state index is 0.867. The number of guanidine groups is 1. The number of unbranched alkanes of at least 4 members (excludes halogenated alkanes) is 4. The average molecular weight is 379 g/mol. The average Bonchev–Trinajstić information content (AvgIpc) is 3.16. The fourth-order valence-electron chi connectivity index (χ4n) is 3.35. The molecule has 1 aliphatic heterocycles. The van der Waals surface area contributed by atoms with Gasteiger partial charge in [0.2, 0.25) is 0 Å². The zero-order chi connectivity index (χ0) is 19.3. The van der Waals surface area contributed by atoms with E-state index in [1.165, 1.54) is 38.6 Å². The second kappa shape index (κ2) is 12.7. The van der Waals surface area contributed by atoms with Crippen molar-refractivity contribution < 1.29 is 4.52 Å². The highest BCUT2D eigenvalue weighted by Gasteiger charge is 2.20. The van der Waals surface area contributed by atoms with E-state index in [0.29, 0.717) is 0 Å². The van der Waals surface area contributed by atoms with Gasteiger partial charge in [-0.1, -0.05) is 24.4 Å². The van der Waals surface area contributed by atoms with Gasteiger partial charge in [-0.25, -0.2) is 0 Å². The molecule has 27 heavy (non-hydrogen) atoms. The molecule has 1 N–H and O–H groups in total. The Morgan fingerprint density at radius 3 is 2.56 bits per heavy atom. The van der Waals surface area contributed by atoms with E-state index in [-0.39, 0.29) is 0 Å². The lowest BCUT2D eigenvalue weighted by atomic mass is 10.1. The molecule has 0 atom stereocenters. The summed E-state index contributed by atoms with van der Waals surface area (Å²) in [4.78, 5) is 11.9. The zero-order valence-electron chi connectivity index (χ0n) is 17.5. The van der Waals surface area contributed by atoms with Crippen molar-refractivity contribution in [2.24, 2.45) is 4.99 Å². The van der Waals surface area contributed by atoms with Crippen LogP contribution in [0.2, 0.25) is 0 Å². The largest absolute Gasteiger partial charge is 0.364 e. The first-order valence-electron chi connectivity index (χ1n) is 10.5. The van der Waals surface area contributed by atoms with Crippen molar-refractivity contribution in [2.45, 2.75) is 45.6 Å². The molecule has 0 aliphatic carbocycles. The minimum Gasteiger partial charge on any atom is -0.364 e. The first kappa shape index (κ1) is 21.7. The highest BCUT2D eigenvalue weighted by molar-refractivity contribution is 5.80. The summed E-state index contributed by atoms with van der Waals surface area (Å²) in [6, 6.07) is 1.94. The minimum atomic E-state index is 0.867. The van der Waals surface area contributed by atoms with Crippen molar-refractivity contribution in [1.29, 1.82) is 0 Å². The third kappa shape index (κ3) is 8.75. The van der Waals surface area contributed by atoms with E-state index in [0.717, 1.165) is 57.5 Å². The van der Waals surface area contributed by atoms with Gasteiger partial charge in [-0.2, -0.15) is 0 Å². The molecular weight excluding hydrogens is 340 g/mol. The van der Waals surface area contributed by atoms with E-state index < -0.39 is 0 Å². The van der Waals surface area contributed by atoms with Crippen molar-refractivity contribution in [2.75, 3.05) is 59.9 Å². The van der Waals surface area contributed by atoms with Crippen LogP contribution in [0.15, 0.2) is 21.8 Å². The Morgan fingerprint density at radius 1 is 1.15 bits per heavy atom. The van der Waals surface area contributed by atoms with Gasteiger partial charge in [0.05, 0.1) is 5.69 Å². The fraction of sp³-hybridized carbons (Fsp3) is 0.800. The molecule has 1 saturated heterocycles. The van der Waals surface area contributed by atoms with Crippen LogP contribution < -0.4 is 5.32 Å². The van der Waals surface area contributed by atoms with E-state index >= 15 is 0 Å². The standard InChI is InChI=1S/C20H38N6O/c1-4-21-20(22-11-8-6-5-7-9-12-24(2)3)26-15-13-25(14-16-26)18-19-10-17-27-23-19/h10,17H,4-9,11-16,18H2,1-3H3,(H,21,22). The zero-order valence-corrected chi connectivity index (χ0v) is 17.5. The number of piperazine rings is 1. The molecule has 2 heterocycles. The summed E-state index contributed by atoms with van der Waals surface area (Å²) in [6.45, 7) is 10.1. The van der Waals surface area contributed by atoms with Crippen molar-refractivity contribution in [1.82, 2.24) is 25.2 Å². The summed E-state index contributed by atoms with van der Waals surface area (Å²) in [5.41, 5.74) is 1.01. The third-order valence-corrected chi connectivity index (χ3v) is 4.91. The van der Waals surface area contributed by atoms with Crippen molar-refractivity contribution in [3.05, 3.63) is 18.0 Å². The van der Waals surface area contributed by atoms with Gasteiger partial charge in [-0.15, -0.1) is 0 Å². The molecule has 2 rings (SSSR count). The molecule has 1 aromatic rings. The lowest BCUT2D eigenvalue weighted by Gasteiger charge is -2.36. The van der Waals surface area contributed by atoms with Crippen molar-refractivity contribution in [3.63, 3.8) is 0 Å². The molecule has 0 radical (unpaired) electrons. The number of hydrogen-bond acceptors (Lipinski definition) is 5. The number of nitrogens with one attached hydrogen (secondary N) is 1. The highest BCUT2D eigenvalue weighted by atomic mass is 16.5. The smallest absolute Gasteiger partial charge is 0.194 e. The molecule has 7 heteroatoms. The number of nitrogens with zero attached hydrogens (tertiary/aromatic N) is 5. The van der Waals surface area contributed by atoms with Gasteiger partial charge in [-0.05, 0) is 40.4 Å². The number of aromatic nitrogens is 1. The van der Waals surface area contributed by atoms with E-state index in [1.54, 1.807) is 6.26 Å². The van der Waals surface area contributed by atoms with Crippen LogP contribution in [0.3, 0.4) is 0 Å². The SMILES string of the molecule is CCNC(=NCCCCCCCN(C)C)N1CCN(Cc2ccon2)CC1. The second-order valence-electron chi connectivity index (χ2n) is 7.56. The molecule has 0 amide bonds. The molecule has 0 spiro atoms. The van der Waals surface area contributed by atoms with Crippen LogP contribution in [0.25, 0.3) is 0 Å². The topological polar surface area (TPSA) is 60.1 Å². The summed E-state index contributed by atoms with van der Waals surface area (Å²) in [6.07, 6.45) is 8.06. The van der Waals surface area contributed by atoms with Gasteiger partial charge < -0.3 is 19.6 Å². The van der Waals surface area contributed by atoms with E-state index in [4.69, 9.17) is 9.52 Å². The monoisotopic (exact) mass is 378 g/mol. The molecule has 154 valence electrons. The quantitative estimate of drug-likeness (QED) is 0.362. The Kier molecular flexibility index (Phi) is 10.2. The molecule has 0 aromatic carbocycles. The molecule has 1 fully saturated rings. The normalized spacial score (nSPS) is 16.3. The maximum Gasteiger partial charge on any atom is 0.194 e. The third-order valence-electron chi connectivity index (χ3n) is 4.91. The molecule has 0 unspecified atom stereocenters. The first-order valence-corrected chi connectivity index (χ1v) is 10.5. The maximum absolute atomic E-state index is 4.93. The predicted octanol–water partition coefficient (Wildman–Crippen LogP) is 2.27. The Balaban J connectivity index is 1.64. The lowest BCUT2D eigenvalue weighted by molar-refractivity contribution is 0.169. The molecule has 1 aromatic heterocycles. The van der Waals surface area contributed by atoms with Gasteiger partial charge in [0, 0.05) is 51.9 Å². The summed E-state index contributed by atoms with van der Waals surface area (Å²) in [7, 11) is 4.29. The Bertz CT molecular complexity index is 509. The lowest BCUT2D eigenvalue weighted by Crippen LogP contribution is -2.52. The van der Waals surface area contributed by atoms with Crippen LogP contribution in [0.5, 0.6) is 0 Å². The van der Waals surface area contributed by atoms with Gasteiger partial charge >= 0.3 is 0 Å². The van der Waals surface area contributed by atoms with Gasteiger partial charge in [0.1, 0.15) is 6.26 Å². The molecule has 7 nitrogen and oxygen atoms in total. The Hall–Kier alpha value is -1.60. The maximum atomic E-state index is 4.93. The summed E-state index contributed by atoms with van der Waals surface area (Å²) in [5.74, 6) is 1.08. The molecule has 1 aliphatic rings. The van der Waals surface area contributed by atoms with Crippen LogP contribution >= 0.6 is 0 Å². The number of hydrogen-bond donors (Lipinski definition) is 1. The van der Waals surface area contributed by atoms with Crippen LogP contribution in [-0.4, -0.2) is 85.7 Å². The predicted molar refractivity (Wildman–Crippen MR) is 111 cm³/mol. The Labute approximate surface area is 164 Å². The van der Waals surface area contributed by atoms with E-state index in [9.17, 15) is 0 Å². The highest BCUT2D eigenvalue weighted by Crippen LogP contribution is 2.08. The van der Waals surface area contributed by atoms with Crippen LogP contribution in [0, 0.1) is 0 Å². The van der Waals surface area contributed by atoms with E-state index in [1.807, 2.05) is 6.07 Å². The Morgan fingerprint density at radius 2 is 1.89 bits per heavy atom. The van der Waals surface area contributed by atoms with Crippen molar-refractivity contribution in [3.8, 4) is 0 Å². The molecular formula is C20H38N6O. The first-order chi connectivity index (χ1) is 13.2. The summed E-state index contributed by atoms with van der Waals surface area (Å²) in [5, 5.41) is 7.47.